The van der Waals surface area contributed by atoms with E-state index in [4.69, 9.17) is 16.6 Å². The van der Waals surface area contributed by atoms with E-state index in [9.17, 15) is 9.59 Å². The second kappa shape index (κ2) is 10.3. The van der Waals surface area contributed by atoms with Crippen LogP contribution in [0.2, 0.25) is 5.02 Å². The molecule has 6 heteroatoms. The highest BCUT2D eigenvalue weighted by Crippen LogP contribution is 2.29. The molecule has 0 radical (unpaired) electrons. The molecule has 170 valence electrons. The lowest BCUT2D eigenvalue weighted by atomic mass is 10.1. The Bertz CT molecular complexity index is 1170. The highest BCUT2D eigenvalue weighted by atomic mass is 35.5. The summed E-state index contributed by atoms with van der Waals surface area (Å²) in [5, 5.41) is 1.16. The quantitative estimate of drug-likeness (QED) is 0.415. The van der Waals surface area contributed by atoms with Crippen LogP contribution in [0.4, 0.5) is 0 Å². The molecule has 0 N–H and O–H groups in total. The number of hydrogen-bond donors (Lipinski definition) is 0. The summed E-state index contributed by atoms with van der Waals surface area (Å²) < 4.78 is 1.68. The number of amides is 1. The van der Waals surface area contributed by atoms with Crippen molar-refractivity contribution < 1.29 is 4.79 Å². The maximum absolute atomic E-state index is 13.7. The fraction of sp³-hybridized carbons (Fsp3) is 0.423. The SMILES string of the molecule is CCCCN(C(=O)C(C)C)C(CC)c1nc2ccccc2c(=O)n1-c1ccc(Cl)cc1C. The lowest BCUT2D eigenvalue weighted by Gasteiger charge is -2.33. The van der Waals surface area contributed by atoms with E-state index in [-0.39, 0.29) is 23.4 Å². The average Bonchev–Trinajstić information content (AvgIpc) is 2.77. The maximum atomic E-state index is 13.7. The van der Waals surface area contributed by atoms with Crippen LogP contribution in [0.1, 0.15) is 64.4 Å². The van der Waals surface area contributed by atoms with E-state index in [2.05, 4.69) is 6.92 Å². The van der Waals surface area contributed by atoms with Crippen molar-refractivity contribution in [1.29, 1.82) is 0 Å². The molecular formula is C26H32ClN3O2. The van der Waals surface area contributed by atoms with Gasteiger partial charge in [0, 0.05) is 17.5 Å². The molecule has 0 aliphatic heterocycles. The third-order valence-electron chi connectivity index (χ3n) is 5.79. The molecule has 0 bridgehead atoms. The number of aryl methyl sites for hydroxylation is 1. The Kier molecular flexibility index (Phi) is 7.73. The Hall–Kier alpha value is -2.66. The summed E-state index contributed by atoms with van der Waals surface area (Å²) in [6, 6.07) is 12.5. The standard InChI is InChI=1S/C26H32ClN3O2/c1-6-8-15-29(25(31)17(3)4)22(7-2)24-28-21-12-10-9-11-20(21)26(32)30(24)23-14-13-19(27)16-18(23)5/h9-14,16-17,22H,6-8,15H2,1-5H3. The van der Waals surface area contributed by atoms with Crippen LogP contribution in [0, 0.1) is 12.8 Å². The first-order valence-electron chi connectivity index (χ1n) is 11.4. The molecular weight excluding hydrogens is 422 g/mol. The molecule has 3 rings (SSSR count). The van der Waals surface area contributed by atoms with Crippen LogP contribution in [0.15, 0.2) is 47.3 Å². The van der Waals surface area contributed by atoms with Gasteiger partial charge in [0.2, 0.25) is 5.91 Å². The highest BCUT2D eigenvalue weighted by Gasteiger charge is 2.30. The molecule has 0 aliphatic rings. The predicted octanol–water partition coefficient (Wildman–Crippen LogP) is 6.08. The summed E-state index contributed by atoms with van der Waals surface area (Å²) in [5.74, 6) is 0.526. The smallest absolute Gasteiger partial charge is 0.266 e. The third kappa shape index (κ3) is 4.73. The molecule has 0 saturated heterocycles. The number of para-hydroxylation sites is 1. The van der Waals surface area contributed by atoms with Gasteiger partial charge >= 0.3 is 0 Å². The Morgan fingerprint density at radius 1 is 1.16 bits per heavy atom. The van der Waals surface area contributed by atoms with Crippen LogP contribution in [-0.4, -0.2) is 26.9 Å². The van der Waals surface area contributed by atoms with E-state index >= 15 is 0 Å². The molecule has 5 nitrogen and oxygen atoms in total. The highest BCUT2D eigenvalue weighted by molar-refractivity contribution is 6.30. The van der Waals surface area contributed by atoms with Crippen molar-refractivity contribution in [2.75, 3.05) is 6.54 Å². The monoisotopic (exact) mass is 453 g/mol. The molecule has 0 spiro atoms. The number of benzene rings is 2. The van der Waals surface area contributed by atoms with Gasteiger partial charge in [0.25, 0.3) is 5.56 Å². The second-order valence-electron chi connectivity index (χ2n) is 8.52. The zero-order valence-electron chi connectivity index (χ0n) is 19.6. The summed E-state index contributed by atoms with van der Waals surface area (Å²) in [7, 11) is 0. The van der Waals surface area contributed by atoms with E-state index < -0.39 is 0 Å². The van der Waals surface area contributed by atoms with Crippen LogP contribution in [-0.2, 0) is 4.79 Å². The molecule has 0 fully saturated rings. The first-order chi connectivity index (χ1) is 15.3. The summed E-state index contributed by atoms with van der Waals surface area (Å²) in [4.78, 5) is 33.8. The molecule has 0 aliphatic carbocycles. The minimum absolute atomic E-state index is 0.0760. The van der Waals surface area contributed by atoms with Gasteiger partial charge in [-0.25, -0.2) is 4.98 Å². The molecule has 1 unspecified atom stereocenters. The largest absolute Gasteiger partial charge is 0.332 e. The summed E-state index contributed by atoms with van der Waals surface area (Å²) in [6.45, 7) is 10.5. The molecule has 2 aromatic carbocycles. The van der Waals surface area contributed by atoms with Crippen molar-refractivity contribution in [3.05, 3.63) is 69.2 Å². The lowest BCUT2D eigenvalue weighted by molar-refractivity contribution is -0.137. The van der Waals surface area contributed by atoms with Crippen molar-refractivity contribution in [3.63, 3.8) is 0 Å². The van der Waals surface area contributed by atoms with Crippen molar-refractivity contribution in [2.24, 2.45) is 5.92 Å². The second-order valence-corrected chi connectivity index (χ2v) is 8.96. The maximum Gasteiger partial charge on any atom is 0.266 e. The fourth-order valence-electron chi connectivity index (χ4n) is 4.10. The van der Waals surface area contributed by atoms with Crippen molar-refractivity contribution in [2.45, 2.75) is 59.9 Å². The summed E-state index contributed by atoms with van der Waals surface area (Å²) in [5.41, 5.74) is 2.12. The van der Waals surface area contributed by atoms with E-state index in [0.29, 0.717) is 34.7 Å². The van der Waals surface area contributed by atoms with Gasteiger partial charge in [-0.15, -0.1) is 0 Å². The van der Waals surface area contributed by atoms with Crippen LogP contribution >= 0.6 is 11.6 Å². The topological polar surface area (TPSA) is 55.2 Å². The van der Waals surface area contributed by atoms with Gasteiger partial charge in [-0.05, 0) is 55.7 Å². The number of carbonyl (C=O) groups is 1. The third-order valence-corrected chi connectivity index (χ3v) is 6.03. The molecule has 1 aromatic heterocycles. The van der Waals surface area contributed by atoms with Crippen LogP contribution < -0.4 is 5.56 Å². The molecule has 1 heterocycles. The minimum atomic E-state index is -0.316. The summed E-state index contributed by atoms with van der Waals surface area (Å²) >= 11 is 6.20. The molecule has 0 saturated carbocycles. The fourth-order valence-corrected chi connectivity index (χ4v) is 4.32. The van der Waals surface area contributed by atoms with Crippen LogP contribution in [0.25, 0.3) is 16.6 Å². The van der Waals surface area contributed by atoms with Gasteiger partial charge in [0.1, 0.15) is 5.82 Å². The zero-order valence-corrected chi connectivity index (χ0v) is 20.3. The van der Waals surface area contributed by atoms with Crippen molar-refractivity contribution >= 4 is 28.4 Å². The number of hydrogen-bond acceptors (Lipinski definition) is 3. The number of nitrogens with zero attached hydrogens (tertiary/aromatic N) is 3. The van der Waals surface area contributed by atoms with Crippen LogP contribution in [0.5, 0.6) is 0 Å². The lowest BCUT2D eigenvalue weighted by Crippen LogP contribution is -2.41. The van der Waals surface area contributed by atoms with Gasteiger partial charge in [-0.1, -0.05) is 57.8 Å². The molecule has 1 amide bonds. The van der Waals surface area contributed by atoms with E-state index in [1.807, 2.05) is 62.9 Å². The number of unbranched alkanes of at least 4 members (excludes halogenated alkanes) is 1. The van der Waals surface area contributed by atoms with E-state index in [1.54, 1.807) is 16.7 Å². The van der Waals surface area contributed by atoms with Gasteiger partial charge in [-0.2, -0.15) is 0 Å². The first kappa shape index (κ1) is 24.0. The minimum Gasteiger partial charge on any atom is -0.332 e. The van der Waals surface area contributed by atoms with Crippen molar-refractivity contribution in [3.8, 4) is 5.69 Å². The zero-order chi connectivity index (χ0) is 23.4. The Labute approximate surface area is 195 Å². The number of halogens is 1. The van der Waals surface area contributed by atoms with Gasteiger partial charge in [0.05, 0.1) is 22.6 Å². The first-order valence-corrected chi connectivity index (χ1v) is 11.8. The van der Waals surface area contributed by atoms with Crippen molar-refractivity contribution in [1.82, 2.24) is 14.5 Å². The Morgan fingerprint density at radius 2 is 1.88 bits per heavy atom. The molecule has 3 aromatic rings. The summed E-state index contributed by atoms with van der Waals surface area (Å²) in [6.07, 6.45) is 2.53. The normalized spacial score (nSPS) is 12.3. The van der Waals surface area contributed by atoms with Gasteiger partial charge in [0.15, 0.2) is 0 Å². The number of rotatable bonds is 8. The van der Waals surface area contributed by atoms with Crippen LogP contribution in [0.3, 0.4) is 0 Å². The van der Waals surface area contributed by atoms with Gasteiger partial charge < -0.3 is 4.90 Å². The number of carbonyl (C=O) groups excluding carboxylic acids is 1. The molecule has 32 heavy (non-hydrogen) atoms. The Morgan fingerprint density at radius 3 is 2.50 bits per heavy atom. The Balaban J connectivity index is 2.33. The molecule has 1 atom stereocenters. The number of aromatic nitrogens is 2. The number of fused-ring (bicyclic) bond motifs is 1. The predicted molar refractivity (Wildman–Crippen MR) is 132 cm³/mol. The van der Waals surface area contributed by atoms with E-state index in [1.165, 1.54) is 0 Å². The van der Waals surface area contributed by atoms with Gasteiger partial charge in [-0.3, -0.25) is 14.2 Å². The van der Waals surface area contributed by atoms with E-state index in [0.717, 1.165) is 24.1 Å². The average molecular weight is 454 g/mol.